The summed E-state index contributed by atoms with van der Waals surface area (Å²) >= 11 is 0. The van der Waals surface area contributed by atoms with Crippen LogP contribution in [0.25, 0.3) is 16.7 Å². The first-order valence-corrected chi connectivity index (χ1v) is 10.0. The molecule has 1 aliphatic rings. The number of amides is 2. The Morgan fingerprint density at radius 2 is 1.94 bits per heavy atom. The van der Waals surface area contributed by atoms with Crippen molar-refractivity contribution in [3.05, 3.63) is 48.5 Å². The van der Waals surface area contributed by atoms with Gasteiger partial charge in [0.15, 0.2) is 0 Å². The summed E-state index contributed by atoms with van der Waals surface area (Å²) in [5.41, 5.74) is 1.22. The van der Waals surface area contributed by atoms with Crippen LogP contribution in [0.1, 0.15) is 30.1 Å². The number of carbonyl (C=O) groups is 2. The minimum Gasteiger partial charge on any atom is -0.452 e. The number of hydrogen-bond acceptors (Lipinski definition) is 5. The standard InChI is InChI=1S/C22H24FN5O3/c1-22(23)5-8-27(9-6-22)20(29)16-10-15-4-7-28(19(15)25-12-16)18-11-17(13-24-14-18)26(2)21(30)31-3/h4,7,10-14H,5-6,8-9H2,1-3H3. The molecule has 4 rings (SSSR count). The van der Waals surface area contributed by atoms with Crippen LogP contribution in [-0.4, -0.2) is 64.4 Å². The van der Waals surface area contributed by atoms with E-state index in [4.69, 9.17) is 4.74 Å². The molecule has 8 nitrogen and oxygen atoms in total. The zero-order valence-corrected chi connectivity index (χ0v) is 17.7. The van der Waals surface area contributed by atoms with Crippen molar-refractivity contribution in [3.63, 3.8) is 0 Å². The predicted molar refractivity (Wildman–Crippen MR) is 114 cm³/mol. The molecule has 2 amide bonds. The second-order valence-electron chi connectivity index (χ2n) is 7.96. The molecule has 1 saturated heterocycles. The van der Waals surface area contributed by atoms with E-state index in [-0.39, 0.29) is 5.91 Å². The molecule has 3 aromatic heterocycles. The van der Waals surface area contributed by atoms with Gasteiger partial charge in [-0.25, -0.2) is 14.2 Å². The fourth-order valence-corrected chi connectivity index (χ4v) is 3.68. The number of anilines is 1. The van der Waals surface area contributed by atoms with Crippen molar-refractivity contribution < 1.29 is 18.7 Å². The van der Waals surface area contributed by atoms with Gasteiger partial charge in [-0.2, -0.15) is 0 Å². The molecular weight excluding hydrogens is 401 g/mol. The summed E-state index contributed by atoms with van der Waals surface area (Å²) in [5.74, 6) is -0.138. The van der Waals surface area contributed by atoms with E-state index in [1.165, 1.54) is 12.0 Å². The Bertz CT molecular complexity index is 1130. The monoisotopic (exact) mass is 425 g/mol. The third kappa shape index (κ3) is 4.08. The van der Waals surface area contributed by atoms with Gasteiger partial charge in [0.25, 0.3) is 5.91 Å². The normalized spacial score (nSPS) is 15.7. The number of carbonyl (C=O) groups excluding carboxylic acids is 2. The maximum Gasteiger partial charge on any atom is 0.413 e. The molecule has 0 saturated carbocycles. The lowest BCUT2D eigenvalue weighted by atomic mass is 9.95. The maximum atomic E-state index is 14.0. The summed E-state index contributed by atoms with van der Waals surface area (Å²) in [7, 11) is 2.92. The van der Waals surface area contributed by atoms with Gasteiger partial charge < -0.3 is 9.64 Å². The molecule has 3 aromatic rings. The van der Waals surface area contributed by atoms with Crippen LogP contribution in [0.2, 0.25) is 0 Å². The molecule has 0 spiro atoms. The molecule has 0 aliphatic carbocycles. The molecular formula is C22H24FN5O3. The minimum atomic E-state index is -1.21. The molecule has 0 radical (unpaired) electrons. The van der Waals surface area contributed by atoms with Gasteiger partial charge in [0.1, 0.15) is 11.3 Å². The summed E-state index contributed by atoms with van der Waals surface area (Å²) in [6.45, 7) is 2.38. The highest BCUT2D eigenvalue weighted by molar-refractivity contribution is 5.97. The Balaban J connectivity index is 1.60. The van der Waals surface area contributed by atoms with Gasteiger partial charge in [-0.15, -0.1) is 0 Å². The molecule has 9 heteroatoms. The second-order valence-corrected chi connectivity index (χ2v) is 7.96. The molecule has 0 unspecified atom stereocenters. The average Bonchev–Trinajstić information content (AvgIpc) is 3.21. The van der Waals surface area contributed by atoms with Crippen LogP contribution in [0.15, 0.2) is 43.0 Å². The van der Waals surface area contributed by atoms with Gasteiger partial charge in [0.05, 0.1) is 36.4 Å². The lowest BCUT2D eigenvalue weighted by Crippen LogP contribution is -2.43. The molecule has 1 fully saturated rings. The first-order chi connectivity index (χ1) is 14.8. The largest absolute Gasteiger partial charge is 0.452 e. The number of aromatic nitrogens is 3. The molecule has 4 heterocycles. The lowest BCUT2D eigenvalue weighted by Gasteiger charge is -2.34. The molecule has 31 heavy (non-hydrogen) atoms. The zero-order chi connectivity index (χ0) is 22.2. The Kier molecular flexibility index (Phi) is 5.34. The zero-order valence-electron chi connectivity index (χ0n) is 17.7. The van der Waals surface area contributed by atoms with Gasteiger partial charge >= 0.3 is 6.09 Å². The van der Waals surface area contributed by atoms with Crippen molar-refractivity contribution in [2.75, 3.05) is 32.1 Å². The van der Waals surface area contributed by atoms with Crippen LogP contribution in [0, 0.1) is 0 Å². The highest BCUT2D eigenvalue weighted by Gasteiger charge is 2.32. The average molecular weight is 425 g/mol. The molecule has 0 bridgehead atoms. The van der Waals surface area contributed by atoms with Crippen LogP contribution >= 0.6 is 0 Å². The van der Waals surface area contributed by atoms with Crippen LogP contribution in [-0.2, 0) is 4.74 Å². The van der Waals surface area contributed by atoms with Crippen molar-refractivity contribution in [2.24, 2.45) is 0 Å². The highest BCUT2D eigenvalue weighted by atomic mass is 19.1. The first-order valence-electron chi connectivity index (χ1n) is 10.0. The maximum absolute atomic E-state index is 14.0. The summed E-state index contributed by atoms with van der Waals surface area (Å²) in [6, 6.07) is 5.46. The van der Waals surface area contributed by atoms with E-state index in [1.807, 2.05) is 16.8 Å². The Hall–Kier alpha value is -3.49. The van der Waals surface area contributed by atoms with Crippen LogP contribution in [0.4, 0.5) is 14.9 Å². The molecule has 0 N–H and O–H groups in total. The number of fused-ring (bicyclic) bond motifs is 1. The minimum absolute atomic E-state index is 0.138. The highest BCUT2D eigenvalue weighted by Crippen LogP contribution is 2.27. The van der Waals surface area contributed by atoms with E-state index in [2.05, 4.69) is 9.97 Å². The predicted octanol–water partition coefficient (Wildman–Crippen LogP) is 3.59. The Morgan fingerprint density at radius 1 is 1.19 bits per heavy atom. The van der Waals surface area contributed by atoms with E-state index in [0.29, 0.717) is 48.5 Å². The summed E-state index contributed by atoms with van der Waals surface area (Å²) in [6.07, 6.45) is 6.79. The lowest BCUT2D eigenvalue weighted by molar-refractivity contribution is 0.0503. The van der Waals surface area contributed by atoms with E-state index >= 15 is 0 Å². The molecule has 0 atom stereocenters. The quantitative estimate of drug-likeness (QED) is 0.641. The number of hydrogen-bond donors (Lipinski definition) is 0. The van der Waals surface area contributed by atoms with Gasteiger partial charge in [0, 0.05) is 37.9 Å². The molecule has 162 valence electrons. The number of pyridine rings is 2. The van der Waals surface area contributed by atoms with Gasteiger partial charge in [-0.1, -0.05) is 0 Å². The van der Waals surface area contributed by atoms with E-state index in [9.17, 15) is 14.0 Å². The van der Waals surface area contributed by atoms with E-state index in [1.54, 1.807) is 49.6 Å². The summed E-state index contributed by atoms with van der Waals surface area (Å²) < 4.78 is 20.6. The fraction of sp³-hybridized carbons (Fsp3) is 0.364. The number of ether oxygens (including phenoxy) is 1. The van der Waals surface area contributed by atoms with Crippen LogP contribution in [0.3, 0.4) is 0 Å². The third-order valence-electron chi connectivity index (χ3n) is 5.69. The van der Waals surface area contributed by atoms with Crippen molar-refractivity contribution in [2.45, 2.75) is 25.4 Å². The Morgan fingerprint density at radius 3 is 2.65 bits per heavy atom. The molecule has 1 aliphatic heterocycles. The van der Waals surface area contributed by atoms with Gasteiger partial charge in [-0.3, -0.25) is 19.2 Å². The van der Waals surface area contributed by atoms with Gasteiger partial charge in [-0.05, 0) is 38.0 Å². The molecule has 0 aromatic carbocycles. The fourth-order valence-electron chi connectivity index (χ4n) is 3.68. The van der Waals surface area contributed by atoms with E-state index < -0.39 is 11.8 Å². The number of methoxy groups -OCH3 is 1. The smallest absolute Gasteiger partial charge is 0.413 e. The number of nitrogens with zero attached hydrogens (tertiary/aromatic N) is 5. The summed E-state index contributed by atoms with van der Waals surface area (Å²) in [4.78, 5) is 36.4. The summed E-state index contributed by atoms with van der Waals surface area (Å²) in [5, 5.41) is 0.796. The number of halogens is 1. The van der Waals surface area contributed by atoms with Crippen LogP contribution < -0.4 is 4.90 Å². The van der Waals surface area contributed by atoms with E-state index in [0.717, 1.165) is 5.39 Å². The number of alkyl halides is 1. The number of rotatable bonds is 3. The Labute approximate surface area is 179 Å². The second kappa shape index (κ2) is 7.98. The van der Waals surface area contributed by atoms with Crippen molar-refractivity contribution >= 4 is 28.7 Å². The van der Waals surface area contributed by atoms with Crippen molar-refractivity contribution in [1.82, 2.24) is 19.4 Å². The number of piperidine rings is 1. The van der Waals surface area contributed by atoms with Crippen molar-refractivity contribution in [1.29, 1.82) is 0 Å². The topological polar surface area (TPSA) is 80.6 Å². The van der Waals surface area contributed by atoms with Crippen molar-refractivity contribution in [3.8, 4) is 5.69 Å². The number of likely N-dealkylation sites (tertiary alicyclic amines) is 1. The van der Waals surface area contributed by atoms with Gasteiger partial charge in [0.2, 0.25) is 0 Å². The third-order valence-corrected chi connectivity index (χ3v) is 5.69. The first kappa shape index (κ1) is 20.8. The SMILES string of the molecule is COC(=O)N(C)c1cncc(-n2ccc3cc(C(=O)N4CCC(C)(F)CC4)cnc32)c1. The van der Waals surface area contributed by atoms with Crippen LogP contribution in [0.5, 0.6) is 0 Å².